The molecule has 7 nitrogen and oxygen atoms in total. The van der Waals surface area contributed by atoms with Crippen LogP contribution in [0, 0.1) is 0 Å². The summed E-state index contributed by atoms with van der Waals surface area (Å²) in [7, 11) is 1.55. The Morgan fingerprint density at radius 1 is 1.08 bits per heavy atom. The van der Waals surface area contributed by atoms with Crippen molar-refractivity contribution in [2.45, 2.75) is 0 Å². The Bertz CT molecular complexity index is 1040. The van der Waals surface area contributed by atoms with Gasteiger partial charge in [0.2, 0.25) is 5.82 Å². The summed E-state index contributed by atoms with van der Waals surface area (Å²) in [6.45, 7) is 0. The lowest BCUT2D eigenvalue weighted by molar-refractivity contribution is 0.101. The van der Waals surface area contributed by atoms with Crippen LogP contribution in [0.4, 0.5) is 5.69 Å². The molecule has 0 aliphatic carbocycles. The van der Waals surface area contributed by atoms with Gasteiger partial charge in [0.15, 0.2) is 5.65 Å². The van der Waals surface area contributed by atoms with E-state index in [2.05, 4.69) is 20.6 Å². The van der Waals surface area contributed by atoms with E-state index in [0.29, 0.717) is 17.1 Å². The van der Waals surface area contributed by atoms with Crippen molar-refractivity contribution in [2.24, 2.45) is 0 Å². The van der Waals surface area contributed by atoms with Crippen molar-refractivity contribution in [1.29, 1.82) is 0 Å². The monoisotopic (exact) mass is 333 g/mol. The Labute approximate surface area is 143 Å². The highest BCUT2D eigenvalue weighted by Crippen LogP contribution is 2.24. The van der Waals surface area contributed by atoms with E-state index < -0.39 is 0 Å². The van der Waals surface area contributed by atoms with E-state index in [-0.39, 0.29) is 11.7 Å². The number of rotatable bonds is 4. The maximum Gasteiger partial charge on any atom is 0.295 e. The first-order chi connectivity index (χ1) is 12.3. The summed E-state index contributed by atoms with van der Waals surface area (Å²) in [5, 5.41) is 14.0. The average Bonchev–Trinajstić information content (AvgIpc) is 3.23. The molecule has 0 saturated carbocycles. The van der Waals surface area contributed by atoms with Crippen LogP contribution in [-0.2, 0) is 0 Å². The van der Waals surface area contributed by atoms with Gasteiger partial charge in [0, 0.05) is 6.07 Å². The number of nitrogens with zero attached hydrogens (tertiary/aromatic N) is 3. The van der Waals surface area contributed by atoms with Crippen molar-refractivity contribution in [3.05, 3.63) is 66.5 Å². The zero-order valence-corrected chi connectivity index (χ0v) is 13.4. The van der Waals surface area contributed by atoms with Gasteiger partial charge in [-0.25, -0.2) is 4.52 Å². The Morgan fingerprint density at radius 2 is 1.84 bits per heavy atom. The molecular weight excluding hydrogens is 318 g/mol. The van der Waals surface area contributed by atoms with Gasteiger partial charge in [0.05, 0.1) is 18.5 Å². The number of benzene rings is 2. The largest absolute Gasteiger partial charge is 0.495 e. The van der Waals surface area contributed by atoms with Gasteiger partial charge in [0.1, 0.15) is 5.75 Å². The van der Waals surface area contributed by atoms with E-state index in [1.54, 1.807) is 23.8 Å². The number of carbonyl (C=O) groups is 1. The fraction of sp³-hybridized carbons (Fsp3) is 0.0556. The van der Waals surface area contributed by atoms with Crippen LogP contribution in [0.1, 0.15) is 10.6 Å². The van der Waals surface area contributed by atoms with Crippen LogP contribution in [0.3, 0.4) is 0 Å². The van der Waals surface area contributed by atoms with Gasteiger partial charge in [-0.15, -0.1) is 10.2 Å². The van der Waals surface area contributed by atoms with Crippen LogP contribution in [0.5, 0.6) is 5.75 Å². The molecule has 0 aliphatic heterocycles. The molecule has 0 bridgehead atoms. The highest BCUT2D eigenvalue weighted by molar-refractivity contribution is 6.03. The number of aromatic nitrogens is 4. The van der Waals surface area contributed by atoms with E-state index in [9.17, 15) is 4.79 Å². The molecule has 0 fully saturated rings. The molecule has 0 aliphatic rings. The van der Waals surface area contributed by atoms with E-state index in [1.165, 1.54) is 0 Å². The summed E-state index contributed by atoms with van der Waals surface area (Å²) in [6.07, 6.45) is 0. The molecule has 2 heterocycles. The summed E-state index contributed by atoms with van der Waals surface area (Å²) >= 11 is 0. The topological polar surface area (TPSA) is 84.3 Å². The number of methoxy groups -OCH3 is 1. The highest BCUT2D eigenvalue weighted by Gasteiger charge is 2.18. The predicted molar refractivity (Wildman–Crippen MR) is 93.7 cm³/mol. The third-order valence-corrected chi connectivity index (χ3v) is 3.84. The SMILES string of the molecule is COc1ccccc1NC(=O)c1nnc2cc(-c3ccccc3)[nH]n12. The molecule has 0 radical (unpaired) electrons. The summed E-state index contributed by atoms with van der Waals surface area (Å²) in [5.74, 6) is 0.370. The fourth-order valence-corrected chi connectivity index (χ4v) is 2.62. The lowest BCUT2D eigenvalue weighted by Crippen LogP contribution is -2.16. The number of para-hydroxylation sites is 2. The molecule has 2 aromatic heterocycles. The van der Waals surface area contributed by atoms with Crippen LogP contribution in [0.25, 0.3) is 16.9 Å². The maximum atomic E-state index is 12.6. The smallest absolute Gasteiger partial charge is 0.295 e. The standard InChI is InChI=1S/C18H15N5O2/c1-25-15-10-6-5-9-13(15)19-18(24)17-21-20-16-11-14(22-23(16)17)12-7-3-2-4-8-12/h2-11,22H,1H3,(H,19,24). The molecule has 25 heavy (non-hydrogen) atoms. The number of aromatic amines is 1. The Hall–Kier alpha value is -3.61. The van der Waals surface area contributed by atoms with E-state index in [0.717, 1.165) is 11.3 Å². The molecule has 1 amide bonds. The third kappa shape index (κ3) is 2.72. The minimum absolute atomic E-state index is 0.170. The summed E-state index contributed by atoms with van der Waals surface area (Å²) in [6, 6.07) is 18.9. The number of fused-ring (bicyclic) bond motifs is 1. The molecule has 0 unspecified atom stereocenters. The summed E-state index contributed by atoms with van der Waals surface area (Å²) in [5.41, 5.74) is 3.01. The second kappa shape index (κ2) is 6.12. The van der Waals surface area contributed by atoms with Crippen LogP contribution in [0.15, 0.2) is 60.7 Å². The minimum atomic E-state index is -0.376. The first kappa shape index (κ1) is 14.9. The Morgan fingerprint density at radius 3 is 2.64 bits per heavy atom. The molecule has 7 heteroatoms. The number of anilines is 1. The molecule has 4 aromatic rings. The van der Waals surface area contributed by atoms with Crippen molar-refractivity contribution >= 4 is 17.2 Å². The van der Waals surface area contributed by atoms with Crippen molar-refractivity contribution in [3.63, 3.8) is 0 Å². The number of ether oxygens (including phenoxy) is 1. The molecule has 2 aromatic carbocycles. The highest BCUT2D eigenvalue weighted by atomic mass is 16.5. The molecule has 124 valence electrons. The van der Waals surface area contributed by atoms with Crippen LogP contribution >= 0.6 is 0 Å². The van der Waals surface area contributed by atoms with E-state index >= 15 is 0 Å². The number of carbonyl (C=O) groups excluding carboxylic acids is 1. The Balaban J connectivity index is 1.67. The fourth-order valence-electron chi connectivity index (χ4n) is 2.62. The zero-order valence-electron chi connectivity index (χ0n) is 13.4. The number of hydrogen-bond acceptors (Lipinski definition) is 4. The van der Waals surface area contributed by atoms with Gasteiger partial charge in [-0.1, -0.05) is 42.5 Å². The molecule has 2 N–H and O–H groups in total. The predicted octanol–water partition coefficient (Wildman–Crippen LogP) is 2.99. The van der Waals surface area contributed by atoms with Crippen molar-refractivity contribution < 1.29 is 9.53 Å². The zero-order chi connectivity index (χ0) is 17.2. The lowest BCUT2D eigenvalue weighted by Gasteiger charge is -2.08. The molecule has 0 saturated heterocycles. The van der Waals surface area contributed by atoms with Crippen LogP contribution in [0.2, 0.25) is 0 Å². The number of amides is 1. The van der Waals surface area contributed by atoms with Gasteiger partial charge in [-0.05, 0) is 17.7 Å². The number of H-pyrrole nitrogens is 1. The number of hydrogen-bond donors (Lipinski definition) is 2. The average molecular weight is 333 g/mol. The normalized spacial score (nSPS) is 10.8. The number of nitrogens with one attached hydrogen (secondary N) is 2. The van der Waals surface area contributed by atoms with Crippen molar-refractivity contribution in [1.82, 2.24) is 19.8 Å². The van der Waals surface area contributed by atoms with E-state index in [1.807, 2.05) is 48.5 Å². The molecule has 0 atom stereocenters. The molecular formula is C18H15N5O2. The lowest BCUT2D eigenvalue weighted by atomic mass is 10.2. The minimum Gasteiger partial charge on any atom is -0.495 e. The van der Waals surface area contributed by atoms with Crippen molar-refractivity contribution in [3.8, 4) is 17.0 Å². The second-order valence-corrected chi connectivity index (χ2v) is 5.41. The van der Waals surface area contributed by atoms with Gasteiger partial charge < -0.3 is 10.1 Å². The Kier molecular flexibility index (Phi) is 3.66. The second-order valence-electron chi connectivity index (χ2n) is 5.41. The van der Waals surface area contributed by atoms with Crippen LogP contribution < -0.4 is 10.1 Å². The maximum absolute atomic E-state index is 12.6. The summed E-state index contributed by atoms with van der Waals surface area (Å²) < 4.78 is 6.81. The van der Waals surface area contributed by atoms with Crippen molar-refractivity contribution in [2.75, 3.05) is 12.4 Å². The molecule has 0 spiro atoms. The van der Waals surface area contributed by atoms with Gasteiger partial charge in [0.25, 0.3) is 5.91 Å². The summed E-state index contributed by atoms with van der Waals surface area (Å²) in [4.78, 5) is 12.6. The van der Waals surface area contributed by atoms with Crippen LogP contribution in [-0.4, -0.2) is 32.8 Å². The van der Waals surface area contributed by atoms with E-state index in [4.69, 9.17) is 4.74 Å². The first-order valence-corrected chi connectivity index (χ1v) is 7.70. The van der Waals surface area contributed by atoms with Gasteiger partial charge in [-0.3, -0.25) is 9.89 Å². The molecule has 4 rings (SSSR count). The first-order valence-electron chi connectivity index (χ1n) is 7.70. The van der Waals surface area contributed by atoms with Gasteiger partial charge in [-0.2, -0.15) is 0 Å². The third-order valence-electron chi connectivity index (χ3n) is 3.84. The quantitative estimate of drug-likeness (QED) is 0.601. The van der Waals surface area contributed by atoms with Gasteiger partial charge >= 0.3 is 0 Å².